The third-order valence-corrected chi connectivity index (χ3v) is 7.76. The fourth-order valence-corrected chi connectivity index (χ4v) is 5.86. The summed E-state index contributed by atoms with van der Waals surface area (Å²) >= 11 is 0. The minimum absolute atomic E-state index is 0.176. The number of benzene rings is 2. The van der Waals surface area contributed by atoms with Crippen molar-refractivity contribution in [2.24, 2.45) is 0 Å². The second-order valence-electron chi connectivity index (χ2n) is 11.8. The van der Waals surface area contributed by atoms with Crippen molar-refractivity contribution >= 4 is 22.9 Å². The highest BCUT2D eigenvalue weighted by atomic mass is 16.6. The quantitative estimate of drug-likeness (QED) is 0.355. The first-order valence-electron chi connectivity index (χ1n) is 14.1. The van der Waals surface area contributed by atoms with E-state index in [1.807, 2.05) is 57.2 Å². The lowest BCUT2D eigenvalue weighted by molar-refractivity contribution is 0.0547. The molecule has 1 amide bonds. The summed E-state index contributed by atoms with van der Waals surface area (Å²) in [6.07, 6.45) is 1.13. The van der Waals surface area contributed by atoms with Crippen molar-refractivity contribution in [1.29, 1.82) is 0 Å². The van der Waals surface area contributed by atoms with Crippen molar-refractivity contribution < 1.29 is 23.8 Å². The smallest absolute Gasteiger partial charge is 0.419 e. The SMILES string of the molecule is CC(C)(C)OC(=O)n1c(-c2ccc(-c3ccco3)c3c2C(=O)NC3)cc2cc(CN3CCN(CCO)CC3)ccc21. The molecule has 214 valence electrons. The summed E-state index contributed by atoms with van der Waals surface area (Å²) in [7, 11) is 0. The first-order chi connectivity index (χ1) is 19.7. The molecule has 1 fully saturated rings. The molecule has 2 aliphatic rings. The molecule has 1 saturated heterocycles. The van der Waals surface area contributed by atoms with E-state index >= 15 is 0 Å². The predicted octanol–water partition coefficient (Wildman–Crippen LogP) is 4.70. The van der Waals surface area contributed by atoms with E-state index in [1.54, 1.807) is 10.8 Å². The maximum Gasteiger partial charge on any atom is 0.419 e. The number of nitrogens with zero attached hydrogens (tertiary/aromatic N) is 3. The lowest BCUT2D eigenvalue weighted by Gasteiger charge is -2.34. The number of aliphatic hydroxyl groups is 1. The largest absolute Gasteiger partial charge is 0.464 e. The molecule has 0 saturated carbocycles. The van der Waals surface area contributed by atoms with Gasteiger partial charge in [-0.25, -0.2) is 9.36 Å². The van der Waals surface area contributed by atoms with Crippen LogP contribution in [0.1, 0.15) is 42.3 Å². The summed E-state index contributed by atoms with van der Waals surface area (Å²) in [4.78, 5) is 31.5. The average Bonchev–Trinajstić information content (AvgIpc) is 3.68. The van der Waals surface area contributed by atoms with Gasteiger partial charge >= 0.3 is 6.09 Å². The number of hydrogen-bond acceptors (Lipinski definition) is 7. The topological polar surface area (TPSA) is 100 Å². The molecule has 0 aliphatic carbocycles. The lowest BCUT2D eigenvalue weighted by Crippen LogP contribution is -2.46. The van der Waals surface area contributed by atoms with Crippen LogP contribution in [0, 0.1) is 0 Å². The summed E-state index contributed by atoms with van der Waals surface area (Å²) < 4.78 is 13.1. The van der Waals surface area contributed by atoms with Crippen LogP contribution in [0.2, 0.25) is 0 Å². The Hall–Kier alpha value is -3.92. The van der Waals surface area contributed by atoms with Crippen LogP contribution in [0.15, 0.2) is 59.2 Å². The highest BCUT2D eigenvalue weighted by molar-refractivity contribution is 6.08. The Labute approximate surface area is 239 Å². The number of rotatable bonds is 6. The summed E-state index contributed by atoms with van der Waals surface area (Å²) in [5, 5.41) is 13.1. The van der Waals surface area contributed by atoms with E-state index < -0.39 is 11.7 Å². The van der Waals surface area contributed by atoms with Gasteiger partial charge in [-0.3, -0.25) is 14.6 Å². The van der Waals surface area contributed by atoms with E-state index in [4.69, 9.17) is 9.15 Å². The zero-order chi connectivity index (χ0) is 28.7. The van der Waals surface area contributed by atoms with Gasteiger partial charge in [0.05, 0.1) is 29.6 Å². The Bertz CT molecular complexity index is 1590. The van der Waals surface area contributed by atoms with Gasteiger partial charge in [-0.1, -0.05) is 18.2 Å². The lowest BCUT2D eigenvalue weighted by atomic mass is 9.94. The normalized spacial score (nSPS) is 16.2. The van der Waals surface area contributed by atoms with Crippen molar-refractivity contribution in [2.75, 3.05) is 39.3 Å². The number of fused-ring (bicyclic) bond motifs is 2. The Morgan fingerprint density at radius 2 is 1.78 bits per heavy atom. The molecule has 9 nitrogen and oxygen atoms in total. The van der Waals surface area contributed by atoms with Gasteiger partial charge in [-0.2, -0.15) is 0 Å². The van der Waals surface area contributed by atoms with E-state index in [2.05, 4.69) is 27.2 Å². The van der Waals surface area contributed by atoms with Crippen LogP contribution in [0.5, 0.6) is 0 Å². The molecule has 2 N–H and O–H groups in total. The van der Waals surface area contributed by atoms with E-state index in [0.717, 1.165) is 60.3 Å². The molecule has 0 spiro atoms. The standard InChI is InChI=1S/C32H36N4O5/c1-32(2,3)41-31(39)36-26-9-6-21(20-35-12-10-34(11-13-35)14-15-37)17-22(26)18-27(36)24-8-7-23(28-5-4-16-40-28)25-19-33-30(38)29(24)25/h4-9,16-18,37H,10-15,19-20H2,1-3H3,(H,33,38). The summed E-state index contributed by atoms with van der Waals surface area (Å²) in [5.41, 5.74) is 4.73. The molecular weight excluding hydrogens is 520 g/mol. The number of carbonyl (C=O) groups is 2. The van der Waals surface area contributed by atoms with Gasteiger partial charge in [0.15, 0.2) is 0 Å². The van der Waals surface area contributed by atoms with Crippen molar-refractivity contribution in [2.45, 2.75) is 39.5 Å². The molecule has 0 bridgehead atoms. The third kappa shape index (κ3) is 5.40. The van der Waals surface area contributed by atoms with Crippen molar-refractivity contribution in [3.05, 3.63) is 71.5 Å². The molecule has 0 unspecified atom stereocenters. The molecule has 2 aliphatic heterocycles. The Kier molecular flexibility index (Phi) is 7.19. The Balaban J connectivity index is 1.41. The van der Waals surface area contributed by atoms with Crippen LogP contribution in [-0.2, 0) is 17.8 Å². The number of piperazine rings is 1. The molecule has 9 heteroatoms. The number of nitrogens with one attached hydrogen (secondary N) is 1. The third-order valence-electron chi connectivity index (χ3n) is 7.76. The summed E-state index contributed by atoms with van der Waals surface area (Å²) in [6, 6.07) is 15.7. The number of aromatic nitrogens is 1. The average molecular weight is 557 g/mol. The highest BCUT2D eigenvalue weighted by Crippen LogP contribution is 2.39. The molecule has 4 aromatic rings. The van der Waals surface area contributed by atoms with Crippen LogP contribution in [0.3, 0.4) is 0 Å². The van der Waals surface area contributed by atoms with Gasteiger partial charge in [0.25, 0.3) is 5.91 Å². The molecule has 41 heavy (non-hydrogen) atoms. The molecule has 2 aromatic carbocycles. The molecular formula is C32H36N4O5. The molecule has 0 radical (unpaired) electrons. The second kappa shape index (κ2) is 10.8. The van der Waals surface area contributed by atoms with Crippen molar-refractivity contribution in [3.8, 4) is 22.6 Å². The molecule has 4 heterocycles. The maximum absolute atomic E-state index is 13.6. The van der Waals surface area contributed by atoms with Crippen LogP contribution in [-0.4, -0.2) is 76.4 Å². The number of amides is 1. The highest BCUT2D eigenvalue weighted by Gasteiger charge is 2.31. The summed E-state index contributed by atoms with van der Waals surface area (Å²) in [5.74, 6) is 0.518. The zero-order valence-corrected chi connectivity index (χ0v) is 23.8. The van der Waals surface area contributed by atoms with E-state index in [1.165, 1.54) is 0 Å². The number of aliphatic hydroxyl groups excluding tert-OH is 1. The van der Waals surface area contributed by atoms with E-state index in [0.29, 0.717) is 35.7 Å². The maximum atomic E-state index is 13.6. The fourth-order valence-electron chi connectivity index (χ4n) is 5.86. The molecule has 2 aromatic heterocycles. The minimum atomic E-state index is -0.689. The number of hydrogen-bond donors (Lipinski definition) is 2. The van der Waals surface area contributed by atoms with E-state index in [-0.39, 0.29) is 12.5 Å². The first-order valence-corrected chi connectivity index (χ1v) is 14.1. The van der Waals surface area contributed by atoms with Crippen LogP contribution >= 0.6 is 0 Å². The molecule has 0 atom stereocenters. The van der Waals surface area contributed by atoms with Crippen LogP contribution in [0.25, 0.3) is 33.5 Å². The molecule has 6 rings (SSSR count). The number of β-amino-alcohol motifs (C(OH)–C–C–N with tert-alkyl or cyclic N) is 1. The second-order valence-corrected chi connectivity index (χ2v) is 11.8. The number of furan rings is 1. The van der Waals surface area contributed by atoms with Gasteiger partial charge in [-0.15, -0.1) is 0 Å². The Morgan fingerprint density at radius 3 is 2.49 bits per heavy atom. The van der Waals surface area contributed by atoms with E-state index in [9.17, 15) is 14.7 Å². The monoisotopic (exact) mass is 556 g/mol. The number of carbonyl (C=O) groups excluding carboxylic acids is 2. The number of ether oxygens (including phenoxy) is 1. The Morgan fingerprint density at radius 1 is 1.02 bits per heavy atom. The zero-order valence-electron chi connectivity index (χ0n) is 23.8. The van der Waals surface area contributed by atoms with Crippen molar-refractivity contribution in [3.63, 3.8) is 0 Å². The van der Waals surface area contributed by atoms with Crippen LogP contribution < -0.4 is 5.32 Å². The first kappa shape index (κ1) is 27.3. The van der Waals surface area contributed by atoms with Gasteiger partial charge in [-0.05, 0) is 62.2 Å². The minimum Gasteiger partial charge on any atom is -0.464 e. The van der Waals surface area contributed by atoms with Gasteiger partial charge in [0.2, 0.25) is 0 Å². The van der Waals surface area contributed by atoms with Crippen LogP contribution in [0.4, 0.5) is 4.79 Å². The van der Waals surface area contributed by atoms with Gasteiger partial charge < -0.3 is 19.6 Å². The van der Waals surface area contributed by atoms with Gasteiger partial charge in [0.1, 0.15) is 11.4 Å². The predicted molar refractivity (Wildman–Crippen MR) is 157 cm³/mol. The fraction of sp³-hybridized carbons (Fsp3) is 0.375. The summed E-state index contributed by atoms with van der Waals surface area (Å²) in [6.45, 7) is 11.4. The van der Waals surface area contributed by atoms with Crippen molar-refractivity contribution in [1.82, 2.24) is 19.7 Å². The van der Waals surface area contributed by atoms with Gasteiger partial charge in [0, 0.05) is 62.3 Å².